The van der Waals surface area contributed by atoms with E-state index < -0.39 is 12.2 Å². The van der Waals surface area contributed by atoms with Gasteiger partial charge in [0.15, 0.2) is 0 Å². The summed E-state index contributed by atoms with van der Waals surface area (Å²) in [6.45, 7) is 4.50. The average molecular weight is 276 g/mol. The first-order valence-corrected chi connectivity index (χ1v) is 6.56. The topological polar surface area (TPSA) is 67.4 Å². The van der Waals surface area contributed by atoms with Gasteiger partial charge in [-0.25, -0.2) is 4.79 Å². The van der Waals surface area contributed by atoms with Crippen LogP contribution in [-0.2, 0) is 16.1 Å². The molecule has 1 rings (SSSR count). The van der Waals surface area contributed by atoms with Crippen molar-refractivity contribution >= 4 is 12.0 Å². The Balaban J connectivity index is 2.29. The van der Waals surface area contributed by atoms with Gasteiger partial charge < -0.3 is 15.4 Å². The van der Waals surface area contributed by atoms with Gasteiger partial charge in [-0.2, -0.15) is 0 Å². The van der Waals surface area contributed by atoms with Gasteiger partial charge in [0.1, 0.15) is 6.10 Å². The molecule has 1 unspecified atom stereocenters. The molecule has 0 bridgehead atoms. The highest BCUT2D eigenvalue weighted by atomic mass is 16.6. The van der Waals surface area contributed by atoms with E-state index in [1.54, 1.807) is 6.92 Å². The molecule has 0 fully saturated rings. The Morgan fingerprint density at radius 1 is 1.25 bits per heavy atom. The minimum atomic E-state index is -0.512. The summed E-state index contributed by atoms with van der Waals surface area (Å²) in [5, 5.41) is 5.27. The summed E-state index contributed by atoms with van der Waals surface area (Å²) in [6, 6.07) is 9.55. The lowest BCUT2D eigenvalue weighted by Crippen LogP contribution is -2.27. The van der Waals surface area contributed by atoms with E-state index in [1.807, 2.05) is 37.3 Å². The highest BCUT2D eigenvalue weighted by Gasteiger charge is 2.06. The van der Waals surface area contributed by atoms with Crippen molar-refractivity contribution in [3.05, 3.63) is 48.0 Å². The van der Waals surface area contributed by atoms with Crippen LogP contribution in [0.1, 0.15) is 19.4 Å². The number of amides is 2. The molecule has 0 spiro atoms. The van der Waals surface area contributed by atoms with Crippen LogP contribution < -0.4 is 10.6 Å². The molecule has 108 valence electrons. The van der Waals surface area contributed by atoms with Gasteiger partial charge in [-0.1, -0.05) is 30.3 Å². The van der Waals surface area contributed by atoms with Crippen LogP contribution >= 0.6 is 0 Å². The van der Waals surface area contributed by atoms with Crippen molar-refractivity contribution < 1.29 is 14.3 Å². The number of nitrogens with one attached hydrogen (secondary N) is 2. The number of hydrogen-bond donors (Lipinski definition) is 2. The van der Waals surface area contributed by atoms with Gasteiger partial charge in [0.25, 0.3) is 0 Å². The lowest BCUT2D eigenvalue weighted by molar-refractivity contribution is -0.116. The number of hydrogen-bond acceptors (Lipinski definition) is 3. The van der Waals surface area contributed by atoms with Crippen LogP contribution in [0, 0.1) is 0 Å². The Kier molecular flexibility index (Phi) is 6.89. The molecule has 0 aliphatic heterocycles. The summed E-state index contributed by atoms with van der Waals surface area (Å²) in [5.74, 6) is -0.201. The van der Waals surface area contributed by atoms with Gasteiger partial charge >= 0.3 is 6.09 Å². The zero-order chi connectivity index (χ0) is 14.8. The molecule has 0 aromatic heterocycles. The summed E-state index contributed by atoms with van der Waals surface area (Å²) >= 11 is 0. The van der Waals surface area contributed by atoms with E-state index in [4.69, 9.17) is 4.74 Å². The molecule has 0 heterocycles. The van der Waals surface area contributed by atoms with Gasteiger partial charge in [-0.3, -0.25) is 4.79 Å². The van der Waals surface area contributed by atoms with Crippen LogP contribution in [0.5, 0.6) is 0 Å². The average Bonchev–Trinajstić information content (AvgIpc) is 2.44. The Labute approximate surface area is 119 Å². The number of alkyl carbamates (subject to hydrolysis) is 1. The number of rotatable bonds is 6. The second-order valence-corrected chi connectivity index (χ2v) is 4.20. The van der Waals surface area contributed by atoms with Crippen molar-refractivity contribution in [1.29, 1.82) is 0 Å². The van der Waals surface area contributed by atoms with Crippen molar-refractivity contribution in [2.24, 2.45) is 0 Å². The lowest BCUT2D eigenvalue weighted by Gasteiger charge is -2.10. The highest BCUT2D eigenvalue weighted by molar-refractivity contribution is 5.87. The van der Waals surface area contributed by atoms with Crippen molar-refractivity contribution in [3.63, 3.8) is 0 Å². The highest BCUT2D eigenvalue weighted by Crippen LogP contribution is 1.99. The van der Waals surface area contributed by atoms with Crippen LogP contribution in [-0.4, -0.2) is 24.6 Å². The van der Waals surface area contributed by atoms with E-state index in [0.29, 0.717) is 13.1 Å². The molecule has 1 aromatic carbocycles. The van der Waals surface area contributed by atoms with Gasteiger partial charge in [0, 0.05) is 19.2 Å². The van der Waals surface area contributed by atoms with Crippen LogP contribution in [0.15, 0.2) is 42.5 Å². The smallest absolute Gasteiger partial charge is 0.407 e. The van der Waals surface area contributed by atoms with E-state index in [-0.39, 0.29) is 5.91 Å². The van der Waals surface area contributed by atoms with Crippen LogP contribution in [0.25, 0.3) is 0 Å². The maximum absolute atomic E-state index is 11.5. The van der Waals surface area contributed by atoms with E-state index in [0.717, 1.165) is 5.56 Å². The molecular weight excluding hydrogens is 256 g/mol. The third-order valence-electron chi connectivity index (χ3n) is 2.44. The quantitative estimate of drug-likeness (QED) is 0.781. The normalized spacial score (nSPS) is 11.9. The van der Waals surface area contributed by atoms with Gasteiger partial charge in [-0.15, -0.1) is 0 Å². The molecule has 0 saturated carbocycles. The molecule has 5 heteroatoms. The SMILES string of the molecule is CCNC(=O)C=CC(C)OC(=O)NCc1ccccc1. The zero-order valence-corrected chi connectivity index (χ0v) is 11.8. The molecule has 0 radical (unpaired) electrons. The van der Waals surface area contributed by atoms with Crippen LogP contribution in [0.2, 0.25) is 0 Å². The van der Waals surface area contributed by atoms with Gasteiger partial charge in [-0.05, 0) is 25.5 Å². The van der Waals surface area contributed by atoms with Gasteiger partial charge in [0.2, 0.25) is 5.91 Å². The largest absolute Gasteiger partial charge is 0.442 e. The summed E-state index contributed by atoms with van der Waals surface area (Å²) in [6.07, 6.45) is 1.92. The lowest BCUT2D eigenvalue weighted by atomic mass is 10.2. The predicted octanol–water partition coefficient (Wildman–Crippen LogP) is 1.99. The number of carbonyl (C=O) groups excluding carboxylic acids is 2. The van der Waals surface area contributed by atoms with E-state index in [2.05, 4.69) is 10.6 Å². The van der Waals surface area contributed by atoms with Crippen LogP contribution in [0.3, 0.4) is 0 Å². The fourth-order valence-electron chi connectivity index (χ4n) is 1.48. The fraction of sp³-hybridized carbons (Fsp3) is 0.333. The Hall–Kier alpha value is -2.30. The molecule has 2 N–H and O–H groups in total. The first-order valence-electron chi connectivity index (χ1n) is 6.56. The molecule has 0 aliphatic carbocycles. The van der Waals surface area contributed by atoms with Crippen molar-refractivity contribution in [1.82, 2.24) is 10.6 Å². The number of ether oxygens (including phenoxy) is 1. The molecule has 1 aromatic rings. The van der Waals surface area contributed by atoms with Gasteiger partial charge in [0.05, 0.1) is 0 Å². The fourth-order valence-corrected chi connectivity index (χ4v) is 1.48. The van der Waals surface area contributed by atoms with E-state index in [9.17, 15) is 9.59 Å². The van der Waals surface area contributed by atoms with Crippen LogP contribution in [0.4, 0.5) is 4.79 Å². The number of likely N-dealkylation sites (N-methyl/N-ethyl adjacent to an activating group) is 1. The third-order valence-corrected chi connectivity index (χ3v) is 2.44. The second-order valence-electron chi connectivity index (χ2n) is 4.20. The summed E-state index contributed by atoms with van der Waals surface area (Å²) in [5.41, 5.74) is 0.995. The summed E-state index contributed by atoms with van der Waals surface area (Å²) < 4.78 is 5.08. The van der Waals surface area contributed by atoms with E-state index in [1.165, 1.54) is 12.2 Å². The predicted molar refractivity (Wildman–Crippen MR) is 77.0 cm³/mol. The minimum Gasteiger partial charge on any atom is -0.442 e. The second kappa shape index (κ2) is 8.74. The first-order chi connectivity index (χ1) is 9.61. The third kappa shape index (κ3) is 6.58. The van der Waals surface area contributed by atoms with Crippen molar-refractivity contribution in [2.75, 3.05) is 6.54 Å². The Morgan fingerprint density at radius 2 is 1.95 bits per heavy atom. The summed E-state index contributed by atoms with van der Waals surface area (Å²) in [4.78, 5) is 22.7. The minimum absolute atomic E-state index is 0.201. The molecule has 20 heavy (non-hydrogen) atoms. The zero-order valence-electron chi connectivity index (χ0n) is 11.8. The van der Waals surface area contributed by atoms with E-state index >= 15 is 0 Å². The standard InChI is InChI=1S/C15H20N2O3/c1-3-16-14(18)10-9-12(2)20-15(19)17-11-13-7-5-4-6-8-13/h4-10,12H,3,11H2,1-2H3,(H,16,18)(H,17,19). The maximum Gasteiger partial charge on any atom is 0.407 e. The number of carbonyl (C=O) groups is 2. The molecule has 0 aliphatic rings. The number of benzene rings is 1. The molecule has 1 atom stereocenters. The first kappa shape index (κ1) is 15.8. The molecular formula is C15H20N2O3. The monoisotopic (exact) mass is 276 g/mol. The van der Waals surface area contributed by atoms with Crippen molar-refractivity contribution in [3.8, 4) is 0 Å². The summed E-state index contributed by atoms with van der Waals surface area (Å²) in [7, 11) is 0. The molecule has 2 amide bonds. The molecule has 0 saturated heterocycles. The molecule has 5 nitrogen and oxygen atoms in total. The Morgan fingerprint density at radius 3 is 2.60 bits per heavy atom. The van der Waals surface area contributed by atoms with Crippen molar-refractivity contribution in [2.45, 2.75) is 26.5 Å². The maximum atomic E-state index is 11.5. The Bertz CT molecular complexity index is 457.